The SMILES string of the molecule is COc1cc(Sc2cnc(CNC(=O)OC(C)(C)C)s2)cc(-c2cnn(C)c2)c1. The Morgan fingerprint density at radius 2 is 2.03 bits per heavy atom. The number of hydrogen-bond donors (Lipinski definition) is 1. The molecule has 3 rings (SSSR count). The maximum atomic E-state index is 11.8. The van der Waals surface area contributed by atoms with Crippen molar-refractivity contribution >= 4 is 29.2 Å². The topological polar surface area (TPSA) is 78.3 Å². The van der Waals surface area contributed by atoms with E-state index < -0.39 is 11.7 Å². The minimum absolute atomic E-state index is 0.333. The number of ether oxygens (including phenoxy) is 2. The van der Waals surface area contributed by atoms with Crippen LogP contribution in [-0.4, -0.2) is 33.6 Å². The Balaban J connectivity index is 1.68. The van der Waals surface area contributed by atoms with Gasteiger partial charge in [0.05, 0.1) is 30.3 Å². The Bertz CT molecular complexity index is 992. The van der Waals surface area contributed by atoms with Crippen LogP contribution < -0.4 is 10.1 Å². The maximum absolute atomic E-state index is 11.8. The van der Waals surface area contributed by atoms with Crippen LogP contribution in [-0.2, 0) is 18.3 Å². The Hall–Kier alpha value is -2.52. The molecule has 1 N–H and O–H groups in total. The van der Waals surface area contributed by atoms with Crippen LogP contribution in [0.1, 0.15) is 25.8 Å². The molecule has 0 atom stereocenters. The van der Waals surface area contributed by atoms with E-state index in [1.54, 1.807) is 23.6 Å². The van der Waals surface area contributed by atoms with Gasteiger partial charge >= 0.3 is 6.09 Å². The minimum Gasteiger partial charge on any atom is -0.497 e. The van der Waals surface area contributed by atoms with Crippen molar-refractivity contribution in [2.24, 2.45) is 7.05 Å². The molecule has 0 fully saturated rings. The summed E-state index contributed by atoms with van der Waals surface area (Å²) in [6, 6.07) is 6.08. The second-order valence-corrected chi connectivity index (χ2v) is 9.82. The molecule has 0 radical (unpaired) electrons. The first-order chi connectivity index (χ1) is 13.7. The normalized spacial score (nSPS) is 11.3. The maximum Gasteiger partial charge on any atom is 0.408 e. The van der Waals surface area contributed by atoms with E-state index in [1.807, 2.05) is 58.5 Å². The highest BCUT2D eigenvalue weighted by atomic mass is 32.2. The first-order valence-corrected chi connectivity index (χ1v) is 10.6. The number of nitrogens with one attached hydrogen (secondary N) is 1. The first kappa shape index (κ1) is 21.2. The highest BCUT2D eigenvalue weighted by Crippen LogP contribution is 2.37. The summed E-state index contributed by atoms with van der Waals surface area (Å²) in [6.45, 7) is 5.83. The van der Waals surface area contributed by atoms with Gasteiger partial charge in [-0.2, -0.15) is 5.10 Å². The fourth-order valence-corrected chi connectivity index (χ4v) is 4.52. The van der Waals surface area contributed by atoms with Crippen LogP contribution in [0.4, 0.5) is 4.79 Å². The number of carbonyl (C=O) groups is 1. The van der Waals surface area contributed by atoms with Crippen molar-refractivity contribution in [3.05, 3.63) is 41.8 Å². The smallest absolute Gasteiger partial charge is 0.408 e. The molecule has 0 aliphatic rings. The summed E-state index contributed by atoms with van der Waals surface area (Å²) in [6.07, 6.45) is 5.16. The van der Waals surface area contributed by atoms with Crippen LogP contribution >= 0.6 is 23.1 Å². The van der Waals surface area contributed by atoms with Crippen LogP contribution in [0.2, 0.25) is 0 Å². The number of benzene rings is 1. The largest absolute Gasteiger partial charge is 0.497 e. The zero-order valence-electron chi connectivity index (χ0n) is 17.1. The minimum atomic E-state index is -0.522. The molecule has 29 heavy (non-hydrogen) atoms. The van der Waals surface area contributed by atoms with Crippen LogP contribution in [0, 0.1) is 0 Å². The number of alkyl carbamates (subject to hydrolysis) is 1. The van der Waals surface area contributed by atoms with Gasteiger partial charge in [0, 0.05) is 23.7 Å². The lowest BCUT2D eigenvalue weighted by Crippen LogP contribution is -2.32. The quantitative estimate of drug-likeness (QED) is 0.607. The summed E-state index contributed by atoms with van der Waals surface area (Å²) < 4.78 is 13.5. The van der Waals surface area contributed by atoms with E-state index in [-0.39, 0.29) is 0 Å². The summed E-state index contributed by atoms with van der Waals surface area (Å²) in [4.78, 5) is 17.2. The second kappa shape index (κ2) is 8.87. The predicted octanol–water partition coefficient (Wildman–Crippen LogP) is 4.73. The number of methoxy groups -OCH3 is 1. The van der Waals surface area contributed by atoms with Crippen LogP contribution in [0.15, 0.2) is 45.9 Å². The van der Waals surface area contributed by atoms with E-state index in [1.165, 1.54) is 11.3 Å². The first-order valence-electron chi connectivity index (χ1n) is 8.99. The molecule has 2 heterocycles. The summed E-state index contributed by atoms with van der Waals surface area (Å²) in [5, 5.41) is 7.78. The number of aromatic nitrogens is 3. The van der Waals surface area contributed by atoms with E-state index in [0.717, 1.165) is 31.0 Å². The summed E-state index contributed by atoms with van der Waals surface area (Å²) in [5.41, 5.74) is 1.54. The van der Waals surface area contributed by atoms with Gasteiger partial charge < -0.3 is 14.8 Å². The van der Waals surface area contributed by atoms with Crippen molar-refractivity contribution in [1.82, 2.24) is 20.1 Å². The number of rotatable bonds is 6. The molecule has 0 bridgehead atoms. The Labute approximate surface area is 178 Å². The number of thiazole rings is 1. The van der Waals surface area contributed by atoms with Crippen molar-refractivity contribution in [2.45, 2.75) is 42.0 Å². The standard InChI is InChI=1S/C20H24N4O3S2/c1-20(2,3)27-19(25)22-10-17-21-11-18(29-17)28-16-7-13(6-15(8-16)26-5)14-9-23-24(4)12-14/h6-9,11-12H,10H2,1-5H3,(H,22,25). The van der Waals surface area contributed by atoms with E-state index in [9.17, 15) is 4.79 Å². The van der Waals surface area contributed by atoms with Crippen molar-refractivity contribution in [3.8, 4) is 16.9 Å². The summed E-state index contributed by atoms with van der Waals surface area (Å²) in [7, 11) is 3.55. The van der Waals surface area contributed by atoms with Crippen molar-refractivity contribution in [3.63, 3.8) is 0 Å². The fourth-order valence-electron chi connectivity index (χ4n) is 2.49. The van der Waals surface area contributed by atoms with Gasteiger partial charge in [0.1, 0.15) is 16.4 Å². The van der Waals surface area contributed by atoms with Gasteiger partial charge in [0.2, 0.25) is 0 Å². The molecule has 0 spiro atoms. The predicted molar refractivity (Wildman–Crippen MR) is 115 cm³/mol. The second-order valence-electron chi connectivity index (χ2n) is 7.33. The highest BCUT2D eigenvalue weighted by Gasteiger charge is 2.16. The zero-order chi connectivity index (χ0) is 21.0. The van der Waals surface area contributed by atoms with Crippen LogP contribution in [0.3, 0.4) is 0 Å². The molecule has 1 aromatic carbocycles. The van der Waals surface area contributed by atoms with E-state index >= 15 is 0 Å². The monoisotopic (exact) mass is 432 g/mol. The molecule has 0 aliphatic carbocycles. The van der Waals surface area contributed by atoms with Crippen molar-refractivity contribution in [1.29, 1.82) is 0 Å². The van der Waals surface area contributed by atoms with Gasteiger partial charge in [-0.3, -0.25) is 4.68 Å². The van der Waals surface area contributed by atoms with E-state index in [2.05, 4.69) is 21.5 Å². The molecule has 0 aliphatic heterocycles. The van der Waals surface area contributed by atoms with Crippen molar-refractivity contribution < 1.29 is 14.3 Å². The van der Waals surface area contributed by atoms with Crippen LogP contribution in [0.5, 0.6) is 5.75 Å². The molecule has 0 saturated heterocycles. The van der Waals surface area contributed by atoms with Gasteiger partial charge in [-0.15, -0.1) is 11.3 Å². The third kappa shape index (κ3) is 6.23. The number of amides is 1. The number of carbonyl (C=O) groups excluding carboxylic acids is 1. The average molecular weight is 433 g/mol. The van der Waals surface area contributed by atoms with Gasteiger partial charge in [-0.05, 0) is 44.5 Å². The Morgan fingerprint density at radius 1 is 1.24 bits per heavy atom. The van der Waals surface area contributed by atoms with Gasteiger partial charge in [0.25, 0.3) is 0 Å². The Morgan fingerprint density at radius 3 is 2.69 bits per heavy atom. The molecule has 7 nitrogen and oxygen atoms in total. The molecule has 1 amide bonds. The highest BCUT2D eigenvalue weighted by molar-refractivity contribution is 8.01. The van der Waals surface area contributed by atoms with Crippen LogP contribution in [0.25, 0.3) is 11.1 Å². The molecule has 3 aromatic rings. The lowest BCUT2D eigenvalue weighted by molar-refractivity contribution is 0.0523. The molecule has 0 saturated carbocycles. The molecule has 2 aromatic heterocycles. The number of aryl methyl sites for hydroxylation is 1. The van der Waals surface area contributed by atoms with Gasteiger partial charge in [-0.25, -0.2) is 9.78 Å². The molecule has 9 heteroatoms. The third-order valence-electron chi connectivity index (χ3n) is 3.69. The summed E-state index contributed by atoms with van der Waals surface area (Å²) >= 11 is 3.13. The molecule has 154 valence electrons. The molecule has 0 unspecified atom stereocenters. The number of hydrogen-bond acceptors (Lipinski definition) is 7. The molecular formula is C20H24N4O3S2. The fraction of sp³-hybridized carbons (Fsp3) is 0.350. The van der Waals surface area contributed by atoms with Crippen molar-refractivity contribution in [2.75, 3.05) is 7.11 Å². The van der Waals surface area contributed by atoms with Gasteiger partial charge in [-0.1, -0.05) is 11.8 Å². The van der Waals surface area contributed by atoms with E-state index in [4.69, 9.17) is 9.47 Å². The van der Waals surface area contributed by atoms with E-state index in [0.29, 0.717) is 6.54 Å². The Kier molecular flexibility index (Phi) is 6.49. The number of nitrogens with zero attached hydrogens (tertiary/aromatic N) is 3. The lowest BCUT2D eigenvalue weighted by atomic mass is 10.1. The average Bonchev–Trinajstić information content (AvgIpc) is 3.27. The summed E-state index contributed by atoms with van der Waals surface area (Å²) in [5.74, 6) is 0.783. The van der Waals surface area contributed by atoms with Gasteiger partial charge in [0.15, 0.2) is 0 Å². The third-order valence-corrected chi connectivity index (χ3v) is 5.76. The lowest BCUT2D eigenvalue weighted by Gasteiger charge is -2.19. The zero-order valence-corrected chi connectivity index (χ0v) is 18.7. The molecular weight excluding hydrogens is 408 g/mol.